The molecule has 0 unspecified atom stereocenters. The summed E-state index contributed by atoms with van der Waals surface area (Å²) in [4.78, 5) is 10.8. The van der Waals surface area contributed by atoms with Crippen LogP contribution < -0.4 is 0 Å². The summed E-state index contributed by atoms with van der Waals surface area (Å²) in [6.45, 7) is 11.7. The topological polar surface area (TPSA) is 100 Å². The normalized spacial score (nSPS) is 11.0. The van der Waals surface area contributed by atoms with E-state index in [2.05, 4.69) is 22.5 Å². The third-order valence-electron chi connectivity index (χ3n) is 3.46. The first-order chi connectivity index (χ1) is 15.8. The van der Waals surface area contributed by atoms with Crippen molar-refractivity contribution in [1.29, 1.82) is 0 Å². The van der Waals surface area contributed by atoms with Gasteiger partial charge in [0.15, 0.2) is 0 Å². The second kappa shape index (κ2) is 28.4. The van der Waals surface area contributed by atoms with Crippen LogP contribution in [0.25, 0.3) is 0 Å². The van der Waals surface area contributed by atoms with Crippen LogP contribution in [0, 0.1) is 0 Å². The molecule has 0 radical (unpaired) electrons. The van der Waals surface area contributed by atoms with Crippen molar-refractivity contribution < 1.29 is 47.4 Å². The Balaban J connectivity index is 3.02. The number of carbonyl (C=O) groups excluding carboxylic acids is 1. The number of carbonyl (C=O) groups is 1. The molecule has 32 heavy (non-hydrogen) atoms. The van der Waals surface area contributed by atoms with Crippen LogP contribution in [0.4, 0.5) is 0 Å². The van der Waals surface area contributed by atoms with Crippen molar-refractivity contribution in [1.82, 2.24) is 0 Å². The second-order valence-electron chi connectivity index (χ2n) is 5.96. The van der Waals surface area contributed by atoms with Crippen molar-refractivity contribution >= 4 is 21.9 Å². The van der Waals surface area contributed by atoms with Crippen LogP contribution in [0.5, 0.6) is 0 Å². The van der Waals surface area contributed by atoms with Gasteiger partial charge in [0, 0.05) is 11.4 Å². The molecule has 0 amide bonds. The molecule has 0 aliphatic rings. The summed E-state index contributed by atoms with van der Waals surface area (Å²) >= 11 is 3.29. The smallest absolute Gasteiger partial charge is 0.330 e. The van der Waals surface area contributed by atoms with Gasteiger partial charge in [-0.05, 0) is 0 Å². The fraction of sp³-hybridized carbons (Fsp3) is 0.857. The molecule has 0 saturated carbocycles. The number of esters is 1. The highest BCUT2D eigenvalue weighted by Crippen LogP contribution is 1.87. The zero-order valence-corrected chi connectivity index (χ0v) is 20.6. The van der Waals surface area contributed by atoms with E-state index in [0.717, 1.165) is 11.4 Å². The van der Waals surface area contributed by atoms with E-state index in [1.165, 1.54) is 0 Å². The van der Waals surface area contributed by atoms with Gasteiger partial charge in [-0.3, -0.25) is 0 Å². The Kier molecular flexibility index (Phi) is 27.8. The summed E-state index contributed by atoms with van der Waals surface area (Å²) in [6, 6.07) is 0. The van der Waals surface area contributed by atoms with E-state index in [-0.39, 0.29) is 6.61 Å². The minimum atomic E-state index is -0.454. The van der Waals surface area contributed by atoms with E-state index >= 15 is 0 Å². The third kappa shape index (κ3) is 27.4. The zero-order chi connectivity index (χ0) is 23.4. The van der Waals surface area contributed by atoms with Gasteiger partial charge in [0.25, 0.3) is 0 Å². The van der Waals surface area contributed by atoms with Crippen LogP contribution in [-0.2, 0) is 47.4 Å². The Hall–Kier alpha value is -0.630. The number of alkyl halides is 1. The molecule has 10 nitrogen and oxygen atoms in total. The van der Waals surface area contributed by atoms with Gasteiger partial charge in [0.05, 0.1) is 106 Å². The maximum Gasteiger partial charge on any atom is 0.330 e. The second-order valence-corrected chi connectivity index (χ2v) is 6.75. The van der Waals surface area contributed by atoms with Gasteiger partial charge in [-0.1, -0.05) is 22.5 Å². The van der Waals surface area contributed by atoms with Crippen molar-refractivity contribution in [2.45, 2.75) is 0 Å². The SMILES string of the molecule is C=CC(=O)OCCOCCOCCOCCOCCOCCOCCOCCOCCBr. The minimum Gasteiger partial charge on any atom is -0.460 e. The lowest BCUT2D eigenvalue weighted by Crippen LogP contribution is -2.15. The van der Waals surface area contributed by atoms with Crippen LogP contribution >= 0.6 is 15.9 Å². The number of ether oxygens (including phenoxy) is 9. The summed E-state index contributed by atoms with van der Waals surface area (Å²) in [7, 11) is 0. The average molecular weight is 531 g/mol. The molecule has 11 heteroatoms. The molecule has 0 N–H and O–H groups in total. The van der Waals surface area contributed by atoms with E-state index in [9.17, 15) is 4.79 Å². The highest BCUT2D eigenvalue weighted by Gasteiger charge is 1.96. The third-order valence-corrected chi connectivity index (χ3v) is 3.79. The molecule has 0 aromatic heterocycles. The Morgan fingerprint density at radius 1 is 0.500 bits per heavy atom. The molecule has 190 valence electrons. The molecule has 0 atom stereocenters. The number of hydrogen-bond donors (Lipinski definition) is 0. The highest BCUT2D eigenvalue weighted by atomic mass is 79.9. The van der Waals surface area contributed by atoms with Crippen LogP contribution in [0.2, 0.25) is 0 Å². The summed E-state index contributed by atoms with van der Waals surface area (Å²) in [6.07, 6.45) is 1.12. The number of rotatable bonds is 27. The number of hydrogen-bond acceptors (Lipinski definition) is 10. The lowest BCUT2D eigenvalue weighted by Gasteiger charge is -2.08. The number of halogens is 1. The quantitative estimate of drug-likeness (QED) is 0.0667. The first-order valence-electron chi connectivity index (χ1n) is 10.8. The van der Waals surface area contributed by atoms with Gasteiger partial charge in [-0.15, -0.1) is 0 Å². The fourth-order valence-corrected chi connectivity index (χ4v) is 2.19. The molecule has 0 fully saturated rings. The van der Waals surface area contributed by atoms with E-state index in [1.807, 2.05) is 0 Å². The Bertz CT molecular complexity index is 401. The first kappa shape index (κ1) is 31.4. The molecule has 0 aromatic rings. The van der Waals surface area contributed by atoms with Crippen molar-refractivity contribution in [3.8, 4) is 0 Å². The first-order valence-corrected chi connectivity index (χ1v) is 11.9. The molecule has 0 aliphatic heterocycles. The summed E-state index contributed by atoms with van der Waals surface area (Å²) < 4.78 is 47.6. The standard InChI is InChI=1S/C21H39BrO10/c1-2-21(23)32-20-19-31-18-17-30-16-15-29-14-13-28-12-11-27-10-9-26-8-7-25-6-5-24-4-3-22/h2H,1,3-20H2. The Morgan fingerprint density at radius 3 is 1.00 bits per heavy atom. The van der Waals surface area contributed by atoms with E-state index in [4.69, 9.17) is 42.6 Å². The maximum atomic E-state index is 10.8. The highest BCUT2D eigenvalue weighted by molar-refractivity contribution is 9.09. The van der Waals surface area contributed by atoms with Crippen molar-refractivity contribution in [3.05, 3.63) is 12.7 Å². The van der Waals surface area contributed by atoms with Gasteiger partial charge >= 0.3 is 5.97 Å². The van der Waals surface area contributed by atoms with Gasteiger partial charge in [-0.25, -0.2) is 4.79 Å². The fourth-order valence-electron chi connectivity index (χ4n) is 1.96. The van der Waals surface area contributed by atoms with Crippen LogP contribution in [0.1, 0.15) is 0 Å². The lowest BCUT2D eigenvalue weighted by atomic mass is 10.6. The maximum absolute atomic E-state index is 10.8. The molecule has 0 rings (SSSR count). The molecule has 0 aliphatic carbocycles. The molecule has 0 aromatic carbocycles. The van der Waals surface area contributed by atoms with Gasteiger partial charge in [-0.2, -0.15) is 0 Å². The molecule has 0 bridgehead atoms. The molecule has 0 heterocycles. The van der Waals surface area contributed by atoms with E-state index in [0.29, 0.717) is 106 Å². The van der Waals surface area contributed by atoms with E-state index in [1.54, 1.807) is 0 Å². The summed E-state index contributed by atoms with van der Waals surface area (Å²) in [5, 5.41) is 0.836. The summed E-state index contributed by atoms with van der Waals surface area (Å²) in [5.74, 6) is -0.454. The van der Waals surface area contributed by atoms with Crippen LogP contribution in [0.15, 0.2) is 12.7 Å². The molecule has 0 spiro atoms. The van der Waals surface area contributed by atoms with E-state index < -0.39 is 5.97 Å². The minimum absolute atomic E-state index is 0.205. The molecular formula is C21H39BrO10. The van der Waals surface area contributed by atoms with Gasteiger partial charge in [0.1, 0.15) is 6.61 Å². The Morgan fingerprint density at radius 2 is 0.750 bits per heavy atom. The lowest BCUT2D eigenvalue weighted by molar-refractivity contribution is -0.139. The zero-order valence-electron chi connectivity index (χ0n) is 19.0. The van der Waals surface area contributed by atoms with Crippen LogP contribution in [0.3, 0.4) is 0 Å². The predicted octanol–water partition coefficient (Wildman–Crippen LogP) is 1.24. The Labute approximate surface area is 199 Å². The van der Waals surface area contributed by atoms with Crippen molar-refractivity contribution in [3.63, 3.8) is 0 Å². The molecule has 0 saturated heterocycles. The average Bonchev–Trinajstić information content (AvgIpc) is 2.81. The van der Waals surface area contributed by atoms with Crippen molar-refractivity contribution in [2.75, 3.05) is 118 Å². The van der Waals surface area contributed by atoms with Gasteiger partial charge < -0.3 is 42.6 Å². The monoisotopic (exact) mass is 530 g/mol. The largest absolute Gasteiger partial charge is 0.460 e. The van der Waals surface area contributed by atoms with Crippen LogP contribution in [-0.4, -0.2) is 124 Å². The van der Waals surface area contributed by atoms with Gasteiger partial charge in [0.2, 0.25) is 0 Å². The van der Waals surface area contributed by atoms with Crippen molar-refractivity contribution in [2.24, 2.45) is 0 Å². The summed E-state index contributed by atoms with van der Waals surface area (Å²) in [5.41, 5.74) is 0. The predicted molar refractivity (Wildman–Crippen MR) is 122 cm³/mol. The molecular weight excluding hydrogens is 492 g/mol.